The number of hydrogen-bond donors (Lipinski definition) is 2. The number of rotatable bonds is 5. The van der Waals surface area contributed by atoms with Crippen molar-refractivity contribution in [1.29, 1.82) is 0 Å². The number of amides is 1. The maximum Gasteiger partial charge on any atom is 0.305 e. The Hall–Kier alpha value is -3.13. The number of anilines is 1. The molecule has 8 heteroatoms. The highest BCUT2D eigenvalue weighted by atomic mass is 32.1. The number of carbonyl (C=O) groups excluding carboxylic acids is 1. The van der Waals surface area contributed by atoms with Gasteiger partial charge in [-0.15, -0.1) is 11.3 Å². The molecule has 1 aliphatic rings. The lowest BCUT2D eigenvalue weighted by molar-refractivity contribution is 0.0933. The Morgan fingerprint density at radius 2 is 1.86 bits per heavy atom. The summed E-state index contributed by atoms with van der Waals surface area (Å²) < 4.78 is 7.75. The smallest absolute Gasteiger partial charge is 0.305 e. The number of thiophene rings is 1. The average Bonchev–Trinajstić information content (AvgIpc) is 3.48. The Morgan fingerprint density at radius 1 is 1.14 bits per heavy atom. The molecular formula is C28H35N5O2S. The number of fused-ring (bicyclic) bond motifs is 2. The van der Waals surface area contributed by atoms with Gasteiger partial charge >= 0.3 is 5.91 Å². The number of furan rings is 1. The summed E-state index contributed by atoms with van der Waals surface area (Å²) in [6.07, 6.45) is 3.06. The van der Waals surface area contributed by atoms with Crippen LogP contribution in [0, 0.1) is 20.8 Å². The van der Waals surface area contributed by atoms with E-state index >= 15 is 0 Å². The summed E-state index contributed by atoms with van der Waals surface area (Å²) in [6, 6.07) is 5.55. The molecule has 0 spiro atoms. The Bertz CT molecular complexity index is 1490. The van der Waals surface area contributed by atoms with Crippen molar-refractivity contribution in [3.05, 3.63) is 61.9 Å². The average molecular weight is 506 g/mol. The largest absolute Gasteiger partial charge is 0.456 e. The molecule has 4 aromatic heterocycles. The molecule has 0 aromatic carbocycles. The zero-order valence-corrected chi connectivity index (χ0v) is 23.2. The molecule has 1 amide bonds. The van der Waals surface area contributed by atoms with Crippen LogP contribution in [0.25, 0.3) is 11.0 Å². The summed E-state index contributed by atoms with van der Waals surface area (Å²) in [5, 5.41) is 5.47. The minimum atomic E-state index is -0.340. The molecule has 36 heavy (non-hydrogen) atoms. The van der Waals surface area contributed by atoms with E-state index in [0.717, 1.165) is 28.1 Å². The minimum absolute atomic E-state index is 0.139. The van der Waals surface area contributed by atoms with Crippen LogP contribution in [0.5, 0.6) is 0 Å². The fourth-order valence-electron chi connectivity index (χ4n) is 5.52. The van der Waals surface area contributed by atoms with Gasteiger partial charge < -0.3 is 4.42 Å². The molecule has 0 fully saturated rings. The number of aromatic nitrogens is 3. The second-order valence-corrected chi connectivity index (χ2v) is 12.6. The predicted octanol–water partition coefficient (Wildman–Crippen LogP) is 6.24. The Kier molecular flexibility index (Phi) is 5.78. The normalized spacial score (nSPS) is 16.2. The molecule has 0 unspecified atom stereocenters. The van der Waals surface area contributed by atoms with Crippen LogP contribution in [-0.2, 0) is 24.3 Å². The van der Waals surface area contributed by atoms with Gasteiger partial charge in [0.05, 0.1) is 5.69 Å². The van der Waals surface area contributed by atoms with Crippen molar-refractivity contribution in [2.24, 2.45) is 7.05 Å². The lowest BCUT2D eigenvalue weighted by atomic mass is 9.65. The molecule has 0 atom stereocenters. The van der Waals surface area contributed by atoms with Crippen LogP contribution >= 0.6 is 11.3 Å². The first-order valence-corrected chi connectivity index (χ1v) is 13.3. The van der Waals surface area contributed by atoms with E-state index < -0.39 is 0 Å². The van der Waals surface area contributed by atoms with Crippen LogP contribution in [0.4, 0.5) is 5.82 Å². The third-order valence-corrected chi connectivity index (χ3v) is 9.10. The summed E-state index contributed by atoms with van der Waals surface area (Å²) in [4.78, 5) is 20.3. The number of nitrogens with one attached hydrogen (secondary N) is 2. The maximum atomic E-state index is 12.8. The van der Waals surface area contributed by atoms with Crippen LogP contribution in [0.3, 0.4) is 0 Å². The van der Waals surface area contributed by atoms with Crippen LogP contribution < -0.4 is 10.9 Å². The van der Waals surface area contributed by atoms with Crippen LogP contribution in [0.1, 0.15) is 89.0 Å². The second kappa shape index (κ2) is 8.47. The molecule has 0 radical (unpaired) electrons. The van der Waals surface area contributed by atoms with Crippen LogP contribution in [0.15, 0.2) is 22.6 Å². The standard InChI is InChI=1S/C28H35N5O2S/c1-15-13-21(29-25-22(15)16(2)32-33(25)8)30-31-26(34)20-10-9-18(35-20)14-19-17(3)36-24-23(19)27(4,5)11-12-28(24,6)7/h9-10,13H,11-12,14H2,1-8H3,(H,29,30)(H,31,34). The van der Waals surface area contributed by atoms with Crippen LogP contribution in [0.2, 0.25) is 0 Å². The second-order valence-electron chi connectivity index (χ2n) is 11.4. The molecule has 190 valence electrons. The zero-order valence-electron chi connectivity index (χ0n) is 22.4. The molecule has 2 N–H and O–H groups in total. The molecule has 1 aliphatic carbocycles. The van der Waals surface area contributed by atoms with E-state index in [2.05, 4.69) is 55.6 Å². The fraction of sp³-hybridized carbons (Fsp3) is 0.464. The van der Waals surface area contributed by atoms with Crippen molar-refractivity contribution in [2.75, 3.05) is 5.43 Å². The third-order valence-electron chi connectivity index (χ3n) is 7.58. The monoisotopic (exact) mass is 505 g/mol. The maximum absolute atomic E-state index is 12.8. The molecule has 4 aromatic rings. The van der Waals surface area contributed by atoms with E-state index in [0.29, 0.717) is 12.2 Å². The summed E-state index contributed by atoms with van der Waals surface area (Å²) in [5.41, 5.74) is 11.6. The SMILES string of the molecule is Cc1sc2c(c1Cc1ccc(C(=O)NNc3cc(C)c4c(C)nn(C)c4n3)o1)C(C)(C)CCC2(C)C. The van der Waals surface area contributed by atoms with Crippen LogP contribution in [-0.4, -0.2) is 20.7 Å². The van der Waals surface area contributed by atoms with Crippen molar-refractivity contribution < 1.29 is 9.21 Å². The highest BCUT2D eigenvalue weighted by Crippen LogP contribution is 2.51. The van der Waals surface area contributed by atoms with Gasteiger partial charge in [-0.25, -0.2) is 4.98 Å². The number of hydrazine groups is 1. The summed E-state index contributed by atoms with van der Waals surface area (Å²) in [5.74, 6) is 1.28. The first kappa shape index (κ1) is 24.6. The molecule has 4 heterocycles. The van der Waals surface area contributed by atoms with E-state index in [1.54, 1.807) is 10.7 Å². The minimum Gasteiger partial charge on any atom is -0.456 e. The van der Waals surface area contributed by atoms with Gasteiger partial charge in [0.1, 0.15) is 11.6 Å². The van der Waals surface area contributed by atoms with Gasteiger partial charge in [0.15, 0.2) is 11.4 Å². The lowest BCUT2D eigenvalue weighted by Crippen LogP contribution is -2.33. The summed E-state index contributed by atoms with van der Waals surface area (Å²) >= 11 is 1.92. The van der Waals surface area contributed by atoms with Crippen molar-refractivity contribution in [2.45, 2.75) is 78.6 Å². The summed E-state index contributed by atoms with van der Waals surface area (Å²) in [6.45, 7) is 15.6. The number of nitrogens with zero attached hydrogens (tertiary/aromatic N) is 3. The Labute approximate surface area is 216 Å². The van der Waals surface area contributed by atoms with E-state index in [-0.39, 0.29) is 22.5 Å². The highest BCUT2D eigenvalue weighted by Gasteiger charge is 2.41. The van der Waals surface area contributed by atoms with Gasteiger partial charge in [0, 0.05) is 28.6 Å². The number of carbonyl (C=O) groups is 1. The van der Waals surface area contributed by atoms with Crippen molar-refractivity contribution in [3.63, 3.8) is 0 Å². The third kappa shape index (κ3) is 4.11. The summed E-state index contributed by atoms with van der Waals surface area (Å²) in [7, 11) is 1.86. The molecular weight excluding hydrogens is 470 g/mol. The van der Waals surface area contributed by atoms with E-state index in [9.17, 15) is 4.79 Å². The predicted molar refractivity (Wildman–Crippen MR) is 145 cm³/mol. The fourth-order valence-corrected chi connectivity index (χ4v) is 7.01. The van der Waals surface area contributed by atoms with Gasteiger partial charge in [-0.05, 0) is 79.3 Å². The number of pyridine rings is 1. The molecule has 0 saturated heterocycles. The van der Waals surface area contributed by atoms with Crippen molar-refractivity contribution in [1.82, 2.24) is 20.2 Å². The number of aryl methyl sites for hydroxylation is 4. The van der Waals surface area contributed by atoms with E-state index in [1.165, 1.54) is 33.7 Å². The first-order valence-electron chi connectivity index (χ1n) is 12.5. The molecule has 0 aliphatic heterocycles. The Morgan fingerprint density at radius 3 is 2.61 bits per heavy atom. The van der Waals surface area contributed by atoms with Gasteiger partial charge in [-0.1, -0.05) is 27.7 Å². The molecule has 7 nitrogen and oxygen atoms in total. The van der Waals surface area contributed by atoms with Crippen molar-refractivity contribution >= 4 is 34.1 Å². The molecule has 5 rings (SSSR count). The zero-order chi connectivity index (χ0) is 26.0. The van der Waals surface area contributed by atoms with Gasteiger partial charge in [0.25, 0.3) is 0 Å². The number of hydrogen-bond acceptors (Lipinski definition) is 6. The quantitative estimate of drug-likeness (QED) is 0.313. The van der Waals surface area contributed by atoms with Gasteiger partial charge in [-0.3, -0.25) is 20.3 Å². The highest BCUT2D eigenvalue weighted by molar-refractivity contribution is 7.12. The van der Waals surface area contributed by atoms with Crippen molar-refractivity contribution in [3.8, 4) is 0 Å². The Balaban J connectivity index is 1.33. The first-order chi connectivity index (χ1) is 16.9. The lowest BCUT2D eigenvalue weighted by Gasteiger charge is -2.40. The van der Waals surface area contributed by atoms with E-state index in [1.807, 2.05) is 44.4 Å². The van der Waals surface area contributed by atoms with E-state index in [4.69, 9.17) is 4.42 Å². The molecule has 0 bridgehead atoms. The topological polar surface area (TPSA) is 85.0 Å². The van der Waals surface area contributed by atoms with Gasteiger partial charge in [-0.2, -0.15) is 5.10 Å². The molecule has 0 saturated carbocycles. The van der Waals surface area contributed by atoms with Gasteiger partial charge in [0.2, 0.25) is 0 Å².